The van der Waals surface area contributed by atoms with Crippen LogP contribution in [-0.2, 0) is 54.4 Å². The molecular weight excluding hydrogens is 2170 g/mol. The van der Waals surface area contributed by atoms with Gasteiger partial charge in [0.15, 0.2) is 23.1 Å². The van der Waals surface area contributed by atoms with Crippen molar-refractivity contribution in [3.63, 3.8) is 0 Å². The molecule has 2 atom stereocenters. The lowest BCUT2D eigenvalue weighted by atomic mass is 10.1. The molecule has 0 fully saturated rings. The highest BCUT2D eigenvalue weighted by atomic mass is 35.5. The molecule has 9 amide bonds. The van der Waals surface area contributed by atoms with Crippen molar-refractivity contribution in [1.29, 1.82) is 0 Å². The molecule has 1 unspecified atom stereocenters. The molecule has 10 aromatic rings. The standard InChI is InChI=1S/C11H15NO2S.2C9H12ClNO3S.C9H10F3NO3S.2C9H12N2O2S.C9H13NO3S.C8H10ClNO3S.C8H10FNO3S.C8H10N2O2S/c1-3-9(13)5-4-6-10(14)11-7-12-8(2)15-11;2*1-5-4-15-8(7(5)10)9(13)11-14-3-6(2)12;1-5-4-17-7(6(5)9(10,11)12)8(15)13-16-3-2-14;1-6-11-5-8(14-6)7(12)3-4-9(13)10-2;1-6-11-5-8(14-6)7(12)3-2-4-9(10)13;1-6-5-14-8(7(6)2)9(12)10-13-4-3-11;2*1-5-4-14-7(6(5)9)8(12)10-13-3-2-11;1-5-10-4-7(13-5)6(11)2-3-8(9)12/h7H,3-6H2,1-2H3;2*4,6,12H,3H2,1-2H3,(H,11,13);4,14H,2-3H2,1H3,(H,13,15);5H,3-4H2,1-2H3,(H,10,13);5H,2-4H2,1H3,(H2,10,13);5,11H,3-4H2,1-2H3,(H,10,12);2*4,11H,2-3H2,1H3,(H,10,12);4H,2-3H2,1H3,(H2,9,12)/t;6-;;;;;;;;/m.1......../s1. The van der Waals surface area contributed by atoms with E-state index in [4.69, 9.17) is 91.4 Å². The summed E-state index contributed by atoms with van der Waals surface area (Å²) in [6.45, 7) is 23.8. The van der Waals surface area contributed by atoms with Gasteiger partial charge in [-0.25, -0.2) is 57.2 Å². The summed E-state index contributed by atoms with van der Waals surface area (Å²) in [4.78, 5) is 205. The number of amides is 9. The molecule has 0 bridgehead atoms. The van der Waals surface area contributed by atoms with E-state index in [9.17, 15) is 84.7 Å². The third kappa shape index (κ3) is 54.3. The number of carbonyl (C=O) groups excluding carboxylic acids is 14. The van der Waals surface area contributed by atoms with E-state index < -0.39 is 64.2 Å². The van der Waals surface area contributed by atoms with Gasteiger partial charge in [-0.15, -0.1) is 113 Å². The van der Waals surface area contributed by atoms with E-state index in [1.54, 1.807) is 67.9 Å². The molecule has 10 rings (SSSR count). The highest BCUT2D eigenvalue weighted by Gasteiger charge is 2.39. The number of Topliss-reactive ketones (excluding diaryl/α,β-unsaturated/α-hetero) is 5. The number of aliphatic hydroxyl groups is 6. The Labute approximate surface area is 887 Å². The lowest BCUT2D eigenvalue weighted by molar-refractivity contribution is -0.138. The summed E-state index contributed by atoms with van der Waals surface area (Å²) in [5, 5.41) is 68.8. The van der Waals surface area contributed by atoms with Crippen molar-refractivity contribution in [3.8, 4) is 0 Å². The van der Waals surface area contributed by atoms with Crippen LogP contribution in [0.4, 0.5) is 17.6 Å². The van der Waals surface area contributed by atoms with Gasteiger partial charge in [-0.3, -0.25) is 96.1 Å². The molecule has 802 valence electrons. The van der Waals surface area contributed by atoms with Crippen LogP contribution in [0.15, 0.2) is 57.1 Å². The average molecular weight is 2290 g/mol. The summed E-state index contributed by atoms with van der Waals surface area (Å²) in [7, 11) is 1.56. The molecule has 0 aliphatic rings. The Bertz CT molecular complexity index is 5510. The van der Waals surface area contributed by atoms with Crippen molar-refractivity contribution in [1.82, 2.24) is 58.1 Å². The fourth-order valence-electron chi connectivity index (χ4n) is 9.49. The van der Waals surface area contributed by atoms with Crippen LogP contribution in [0.5, 0.6) is 0 Å². The maximum Gasteiger partial charge on any atom is 0.418 e. The van der Waals surface area contributed by atoms with Crippen LogP contribution >= 0.6 is 148 Å². The second-order valence-corrected chi connectivity index (χ2v) is 40.7. The minimum absolute atomic E-state index is 0.00481. The number of rotatable bonds is 43. The van der Waals surface area contributed by atoms with Crippen LogP contribution < -0.4 is 49.7 Å². The summed E-state index contributed by atoms with van der Waals surface area (Å²) in [6, 6.07) is 0. The molecule has 17 N–H and O–H groups in total. The van der Waals surface area contributed by atoms with Gasteiger partial charge in [0.1, 0.15) is 49.2 Å². The Morgan fingerprint density at radius 2 is 0.669 bits per heavy atom. The number of aromatic nitrogens is 4. The number of halogens is 7. The Hall–Kier alpha value is -9.59. The van der Waals surface area contributed by atoms with Gasteiger partial charge in [-0.2, -0.15) is 13.2 Å². The fourth-order valence-corrected chi connectivity index (χ4v) is 18.7. The molecular formula is C89H116Cl3F4N13O26S10. The maximum absolute atomic E-state index is 13.2. The van der Waals surface area contributed by atoms with Crippen molar-refractivity contribution < 1.29 is 144 Å². The third-order valence-electron chi connectivity index (χ3n) is 16.9. The summed E-state index contributed by atoms with van der Waals surface area (Å²) in [6.07, 6.45) is 4.58. The molecule has 0 aromatic carbocycles. The Kier molecular flexibility index (Phi) is 67.6. The molecule has 0 radical (unpaired) electrons. The first-order valence-corrected chi connectivity index (χ1v) is 52.6. The van der Waals surface area contributed by atoms with Crippen molar-refractivity contribution in [2.24, 2.45) is 11.5 Å². The van der Waals surface area contributed by atoms with Gasteiger partial charge in [0.05, 0.1) is 130 Å². The van der Waals surface area contributed by atoms with Crippen LogP contribution in [-0.4, -0.2) is 218 Å². The predicted octanol–water partition coefficient (Wildman–Crippen LogP) is 14.6. The number of hydrogen-bond acceptors (Lipinski definition) is 40. The van der Waals surface area contributed by atoms with Crippen LogP contribution in [0, 0.1) is 82.0 Å². The van der Waals surface area contributed by atoms with Gasteiger partial charge in [0.2, 0.25) is 17.7 Å². The SMILES string of the molecule is CCC(=O)CCCC(=O)c1cnc(C)s1.CNC(=O)CCC(=O)c1cnc(C)s1.Cc1csc(C(=O)NOCC(C)O)c1Cl.Cc1csc(C(=O)NOCCO)c1C.Cc1csc(C(=O)NOCCO)c1C(F)(F)F.Cc1csc(C(=O)NOCCO)c1Cl.Cc1csc(C(=O)NOCCO)c1F.Cc1csc(C(=O)NOC[C@@H](C)O)c1Cl.Cc1ncc(C(=O)CCC(N)=O)s1.Cc1ncc(C(=O)CCCC(N)=O)s1. The number of thiazole rings is 4. The number of alkyl halides is 3. The lowest BCUT2D eigenvalue weighted by Gasteiger charge is -2.09. The second kappa shape index (κ2) is 73.5. The molecule has 0 aliphatic heterocycles. The van der Waals surface area contributed by atoms with Crippen molar-refractivity contribution >= 4 is 230 Å². The van der Waals surface area contributed by atoms with Crippen molar-refractivity contribution in [2.75, 3.05) is 73.1 Å². The topological polar surface area (TPSA) is 604 Å². The molecule has 0 spiro atoms. The normalized spacial score (nSPS) is 10.8. The number of aliphatic hydroxyl groups excluding tert-OH is 6. The zero-order valence-corrected chi connectivity index (χ0v) is 91.7. The highest BCUT2D eigenvalue weighted by Crippen LogP contribution is 2.38. The van der Waals surface area contributed by atoms with E-state index >= 15 is 0 Å². The minimum atomic E-state index is -4.58. The highest BCUT2D eigenvalue weighted by molar-refractivity contribution is 7.16. The molecule has 0 aliphatic carbocycles. The smallest absolute Gasteiger partial charge is 0.394 e. The molecule has 10 heterocycles. The molecule has 0 saturated carbocycles. The average Bonchev–Trinajstić information content (AvgIpc) is 1.66. The predicted molar refractivity (Wildman–Crippen MR) is 550 cm³/mol. The Morgan fingerprint density at radius 3 is 0.945 bits per heavy atom. The van der Waals surface area contributed by atoms with E-state index in [0.29, 0.717) is 110 Å². The van der Waals surface area contributed by atoms with E-state index in [2.05, 4.69) is 61.7 Å². The number of nitrogens with zero attached hydrogens (tertiary/aromatic N) is 4. The molecule has 39 nitrogen and oxygen atoms in total. The van der Waals surface area contributed by atoms with Gasteiger partial charge in [-0.1, -0.05) is 41.7 Å². The first-order chi connectivity index (χ1) is 68.4. The Morgan fingerprint density at radius 1 is 0.386 bits per heavy atom. The largest absolute Gasteiger partial charge is 0.418 e. The quantitative estimate of drug-likeness (QED) is 0.00730. The maximum atomic E-state index is 13.2. The summed E-state index contributed by atoms with van der Waals surface area (Å²) in [5.74, 6) is -4.19. The lowest BCUT2D eigenvalue weighted by Crippen LogP contribution is -2.26. The van der Waals surface area contributed by atoms with Gasteiger partial charge < -0.3 is 47.4 Å². The van der Waals surface area contributed by atoms with Gasteiger partial charge >= 0.3 is 6.18 Å². The number of hydrogen-bond donors (Lipinski definition) is 15. The van der Waals surface area contributed by atoms with E-state index in [1.807, 2.05) is 85.6 Å². The number of carbonyl (C=O) groups is 14. The Balaban J connectivity index is 0.000000806. The van der Waals surface area contributed by atoms with Crippen molar-refractivity contribution in [3.05, 3.63) is 191 Å². The minimum Gasteiger partial charge on any atom is -0.394 e. The zero-order chi connectivity index (χ0) is 110. The van der Waals surface area contributed by atoms with E-state index in [1.165, 1.54) is 109 Å². The monoisotopic (exact) mass is 2280 g/mol. The van der Waals surface area contributed by atoms with Crippen molar-refractivity contribution in [2.45, 2.75) is 186 Å². The zero-order valence-electron chi connectivity index (χ0n) is 81.3. The molecule has 10 aromatic heterocycles. The number of nitrogens with two attached hydrogens (primary N) is 2. The van der Waals surface area contributed by atoms with Crippen LogP contribution in [0.3, 0.4) is 0 Å². The second-order valence-electron chi connectivity index (χ2n) is 29.3. The van der Waals surface area contributed by atoms with Gasteiger partial charge in [0, 0.05) is 89.6 Å². The number of ketones is 5. The summed E-state index contributed by atoms with van der Waals surface area (Å²) >= 11 is 30.0. The van der Waals surface area contributed by atoms with E-state index in [0.717, 1.165) is 59.2 Å². The number of hydroxylamine groups is 6. The fraction of sp³-hybridized carbons (Fsp3) is 0.438. The first kappa shape index (κ1) is 133. The third-order valence-corrected chi connectivity index (χ3v) is 29.2. The van der Waals surface area contributed by atoms with Crippen LogP contribution in [0.2, 0.25) is 15.1 Å². The first-order valence-electron chi connectivity index (χ1n) is 42.9. The molecule has 0 saturated heterocycles. The summed E-state index contributed by atoms with van der Waals surface area (Å²) in [5.41, 5.74) is 26.8. The van der Waals surface area contributed by atoms with Gasteiger partial charge in [0.25, 0.3) is 35.4 Å². The molecule has 56 heteroatoms. The summed E-state index contributed by atoms with van der Waals surface area (Å²) < 4.78 is 51.1. The van der Waals surface area contributed by atoms with Crippen LogP contribution in [0.25, 0.3) is 0 Å². The van der Waals surface area contributed by atoms with Gasteiger partial charge in [-0.05, 0) is 174 Å². The number of nitrogens with one attached hydrogen (secondary N) is 7. The number of primary amides is 2. The number of thiophene rings is 6. The van der Waals surface area contributed by atoms with E-state index in [-0.39, 0.29) is 161 Å². The van der Waals surface area contributed by atoms with Crippen LogP contribution in [0.1, 0.15) is 253 Å². The number of aryl methyl sites for hydroxylation is 10. The molecule has 145 heavy (non-hydrogen) atoms.